The van der Waals surface area contributed by atoms with Gasteiger partial charge in [-0.05, 0) is 18.6 Å². The zero-order chi connectivity index (χ0) is 12.4. The van der Waals surface area contributed by atoms with E-state index >= 15 is 0 Å². The third kappa shape index (κ3) is 2.13. The fourth-order valence-corrected chi connectivity index (χ4v) is 1.90. The van der Waals surface area contributed by atoms with Gasteiger partial charge < -0.3 is 5.73 Å². The van der Waals surface area contributed by atoms with Gasteiger partial charge in [0.1, 0.15) is 5.82 Å². The lowest BCUT2D eigenvalue weighted by Gasteiger charge is -2.18. The molecule has 0 saturated heterocycles. The van der Waals surface area contributed by atoms with Crippen LogP contribution in [0.3, 0.4) is 0 Å². The average Bonchev–Trinajstić information content (AvgIpc) is 2.70. The number of hydrazine groups is 1. The molecule has 0 aliphatic carbocycles. The van der Waals surface area contributed by atoms with Gasteiger partial charge in [0, 0.05) is 30.6 Å². The Bertz CT molecular complexity index is 498. The first kappa shape index (κ1) is 11.6. The van der Waals surface area contributed by atoms with Crippen LogP contribution >= 0.6 is 0 Å². The number of hydrogen-bond donors (Lipinski definition) is 3. The second kappa shape index (κ2) is 4.52. The van der Waals surface area contributed by atoms with Crippen molar-refractivity contribution in [3.05, 3.63) is 41.3 Å². The first-order valence-corrected chi connectivity index (χ1v) is 5.29. The van der Waals surface area contributed by atoms with E-state index in [1.54, 1.807) is 17.1 Å². The zero-order valence-electron chi connectivity index (χ0n) is 9.88. The molecule has 0 aliphatic rings. The zero-order valence-corrected chi connectivity index (χ0v) is 9.88. The summed E-state index contributed by atoms with van der Waals surface area (Å²) in [6.45, 7) is 1.98. The second-order valence-corrected chi connectivity index (χ2v) is 3.97. The quantitative estimate of drug-likeness (QED) is 0.521. The highest BCUT2D eigenvalue weighted by Crippen LogP contribution is 2.27. The normalized spacial score (nSPS) is 12.6. The molecule has 90 valence electrons. The second-order valence-electron chi connectivity index (χ2n) is 3.97. The Labute approximate surface area is 99.6 Å². The molecule has 2 aromatic rings. The van der Waals surface area contributed by atoms with Crippen molar-refractivity contribution in [2.24, 2.45) is 12.9 Å². The number of aryl methyl sites for hydroxylation is 2. The van der Waals surface area contributed by atoms with E-state index in [-0.39, 0.29) is 6.04 Å². The fourth-order valence-electron chi connectivity index (χ4n) is 1.90. The van der Waals surface area contributed by atoms with Crippen LogP contribution in [0.15, 0.2) is 24.7 Å². The number of aromatic nitrogens is 3. The number of anilines is 1. The van der Waals surface area contributed by atoms with Crippen molar-refractivity contribution < 1.29 is 0 Å². The first-order valence-electron chi connectivity index (χ1n) is 5.29. The predicted molar refractivity (Wildman–Crippen MR) is 65.8 cm³/mol. The maximum absolute atomic E-state index is 5.91. The van der Waals surface area contributed by atoms with Gasteiger partial charge in [-0.2, -0.15) is 5.10 Å². The molecule has 0 bridgehead atoms. The van der Waals surface area contributed by atoms with Crippen molar-refractivity contribution in [2.75, 3.05) is 5.73 Å². The third-order valence-corrected chi connectivity index (χ3v) is 2.75. The number of nitrogen functional groups attached to an aromatic ring is 1. The van der Waals surface area contributed by atoms with E-state index in [9.17, 15) is 0 Å². The van der Waals surface area contributed by atoms with Crippen LogP contribution < -0.4 is 17.0 Å². The molecule has 6 nitrogen and oxygen atoms in total. The first-order chi connectivity index (χ1) is 8.13. The molecule has 0 aromatic carbocycles. The topological polar surface area (TPSA) is 94.8 Å². The monoisotopic (exact) mass is 232 g/mol. The molecular weight excluding hydrogens is 216 g/mol. The van der Waals surface area contributed by atoms with Crippen molar-refractivity contribution in [3.63, 3.8) is 0 Å². The van der Waals surface area contributed by atoms with Crippen LogP contribution in [-0.4, -0.2) is 14.8 Å². The summed E-state index contributed by atoms with van der Waals surface area (Å²) in [5.41, 5.74) is 11.6. The molecule has 17 heavy (non-hydrogen) atoms. The Balaban J connectivity index is 2.49. The predicted octanol–water partition coefficient (Wildman–Crippen LogP) is 0.258. The summed E-state index contributed by atoms with van der Waals surface area (Å²) in [6, 6.07) is 1.71. The molecule has 2 heterocycles. The lowest BCUT2D eigenvalue weighted by molar-refractivity contribution is 0.632. The number of pyridine rings is 1. The van der Waals surface area contributed by atoms with Crippen molar-refractivity contribution in [1.82, 2.24) is 20.2 Å². The molecule has 0 amide bonds. The van der Waals surface area contributed by atoms with Crippen LogP contribution in [0.25, 0.3) is 0 Å². The number of hydrogen-bond acceptors (Lipinski definition) is 5. The van der Waals surface area contributed by atoms with Gasteiger partial charge in [-0.1, -0.05) is 0 Å². The van der Waals surface area contributed by atoms with Crippen molar-refractivity contribution in [1.29, 1.82) is 0 Å². The standard InChI is InChI=1S/C11H16N6/c1-7-3-4-14-11(12)9(7)10(16-13)8-5-15-17(2)6-8/h3-6,10,16H,13H2,1-2H3,(H2,12,14). The Kier molecular flexibility index (Phi) is 3.08. The van der Waals surface area contributed by atoms with E-state index in [0.717, 1.165) is 16.7 Å². The van der Waals surface area contributed by atoms with E-state index in [4.69, 9.17) is 11.6 Å². The van der Waals surface area contributed by atoms with Gasteiger partial charge in [0.25, 0.3) is 0 Å². The summed E-state index contributed by atoms with van der Waals surface area (Å²) in [7, 11) is 1.86. The minimum Gasteiger partial charge on any atom is -0.383 e. The number of nitrogens with one attached hydrogen (secondary N) is 1. The maximum atomic E-state index is 5.91. The minimum atomic E-state index is -0.197. The van der Waals surface area contributed by atoms with Gasteiger partial charge in [-0.25, -0.2) is 10.4 Å². The average molecular weight is 232 g/mol. The van der Waals surface area contributed by atoms with E-state index in [1.165, 1.54) is 0 Å². The van der Waals surface area contributed by atoms with Crippen LogP contribution in [0.5, 0.6) is 0 Å². The number of rotatable bonds is 3. The van der Waals surface area contributed by atoms with Crippen molar-refractivity contribution >= 4 is 5.82 Å². The van der Waals surface area contributed by atoms with Crippen LogP contribution in [0.4, 0.5) is 5.82 Å². The van der Waals surface area contributed by atoms with Crippen LogP contribution in [-0.2, 0) is 7.05 Å². The van der Waals surface area contributed by atoms with Gasteiger partial charge in [0.15, 0.2) is 0 Å². The lowest BCUT2D eigenvalue weighted by Crippen LogP contribution is -2.30. The number of nitrogens with two attached hydrogens (primary N) is 2. The van der Waals surface area contributed by atoms with Gasteiger partial charge in [-0.15, -0.1) is 0 Å². The van der Waals surface area contributed by atoms with Crippen LogP contribution in [0, 0.1) is 6.92 Å². The molecule has 5 N–H and O–H groups in total. The fraction of sp³-hybridized carbons (Fsp3) is 0.273. The van der Waals surface area contributed by atoms with E-state index < -0.39 is 0 Å². The van der Waals surface area contributed by atoms with Gasteiger partial charge >= 0.3 is 0 Å². The maximum Gasteiger partial charge on any atom is 0.128 e. The molecule has 0 saturated carbocycles. The van der Waals surface area contributed by atoms with Crippen LogP contribution in [0.2, 0.25) is 0 Å². The van der Waals surface area contributed by atoms with Gasteiger partial charge in [0.05, 0.1) is 12.2 Å². The highest BCUT2D eigenvalue weighted by Gasteiger charge is 2.19. The van der Waals surface area contributed by atoms with E-state index in [1.807, 2.05) is 26.2 Å². The molecule has 1 atom stereocenters. The summed E-state index contributed by atoms with van der Waals surface area (Å²) in [6.07, 6.45) is 5.35. The molecule has 0 spiro atoms. The SMILES string of the molecule is Cc1ccnc(N)c1C(NN)c1cnn(C)c1. The van der Waals surface area contributed by atoms with Crippen molar-refractivity contribution in [3.8, 4) is 0 Å². The minimum absolute atomic E-state index is 0.197. The molecule has 0 aliphatic heterocycles. The summed E-state index contributed by atoms with van der Waals surface area (Å²) in [5, 5.41) is 4.13. The smallest absolute Gasteiger partial charge is 0.128 e. The van der Waals surface area contributed by atoms with Crippen LogP contribution in [0.1, 0.15) is 22.7 Å². The van der Waals surface area contributed by atoms with Crippen molar-refractivity contribution in [2.45, 2.75) is 13.0 Å². The van der Waals surface area contributed by atoms with E-state index in [2.05, 4.69) is 15.5 Å². The van der Waals surface area contributed by atoms with Gasteiger partial charge in [0.2, 0.25) is 0 Å². The molecule has 2 rings (SSSR count). The molecule has 1 unspecified atom stereocenters. The summed E-state index contributed by atoms with van der Waals surface area (Å²) >= 11 is 0. The molecular formula is C11H16N6. The largest absolute Gasteiger partial charge is 0.383 e. The van der Waals surface area contributed by atoms with E-state index in [0.29, 0.717) is 5.82 Å². The highest BCUT2D eigenvalue weighted by atomic mass is 15.3. The summed E-state index contributed by atoms with van der Waals surface area (Å²) in [5.74, 6) is 6.10. The molecule has 2 aromatic heterocycles. The molecule has 0 fully saturated rings. The summed E-state index contributed by atoms with van der Waals surface area (Å²) < 4.78 is 1.72. The highest BCUT2D eigenvalue weighted by molar-refractivity contribution is 5.49. The Morgan fingerprint density at radius 3 is 2.76 bits per heavy atom. The van der Waals surface area contributed by atoms with Gasteiger partial charge in [-0.3, -0.25) is 10.5 Å². The summed E-state index contributed by atoms with van der Waals surface area (Å²) in [4.78, 5) is 4.10. The third-order valence-electron chi connectivity index (χ3n) is 2.75. The lowest BCUT2D eigenvalue weighted by atomic mass is 9.98. The molecule has 0 radical (unpaired) electrons. The molecule has 6 heteroatoms. The Morgan fingerprint density at radius 1 is 1.47 bits per heavy atom. The number of nitrogens with zero attached hydrogens (tertiary/aromatic N) is 3. The Morgan fingerprint density at radius 2 is 2.24 bits per heavy atom. The Hall–Kier alpha value is -1.92.